The quantitative estimate of drug-likeness (QED) is 0.487. The molecule has 3 heterocycles. The molecule has 10 nitrogen and oxygen atoms in total. The Morgan fingerprint density at radius 2 is 2.17 bits per heavy atom. The Labute approximate surface area is 175 Å². The Hall–Kier alpha value is -3.18. The topological polar surface area (TPSA) is 118 Å². The molecular weight excluding hydrogens is 440 g/mol. The molecule has 0 atom stereocenters. The summed E-state index contributed by atoms with van der Waals surface area (Å²) in [6.45, 7) is 1.28. The van der Waals surface area contributed by atoms with E-state index in [2.05, 4.69) is 46.9 Å². The molecule has 29 heavy (non-hydrogen) atoms. The molecule has 2 aliphatic heterocycles. The third kappa shape index (κ3) is 4.46. The zero-order valence-electron chi connectivity index (χ0n) is 15.4. The third-order valence-corrected chi connectivity index (χ3v) is 4.79. The van der Waals surface area contributed by atoms with Crippen molar-refractivity contribution in [3.8, 4) is 0 Å². The normalized spacial score (nSPS) is 16.6. The summed E-state index contributed by atoms with van der Waals surface area (Å²) in [6.07, 6.45) is 6.01. The summed E-state index contributed by atoms with van der Waals surface area (Å²) < 4.78 is 0.934. The number of benzene rings is 1. The van der Waals surface area contributed by atoms with E-state index in [4.69, 9.17) is 0 Å². The highest BCUT2D eigenvalue weighted by Gasteiger charge is 2.30. The molecule has 0 bridgehead atoms. The number of guanidine groups is 1. The molecule has 1 saturated heterocycles. The van der Waals surface area contributed by atoms with Crippen LogP contribution in [0.5, 0.6) is 0 Å². The van der Waals surface area contributed by atoms with E-state index in [1.165, 1.54) is 0 Å². The van der Waals surface area contributed by atoms with E-state index < -0.39 is 6.03 Å². The maximum absolute atomic E-state index is 12.0. The lowest BCUT2D eigenvalue weighted by atomic mass is 10.2. The SMILES string of the molecule is O=C1CNC(=O)N1c1cccc(NC2=NC=C(Br)CN2NCCc2c[nH]cn2)c1. The molecule has 0 saturated carbocycles. The van der Waals surface area contributed by atoms with Crippen molar-refractivity contribution in [3.05, 3.63) is 53.2 Å². The van der Waals surface area contributed by atoms with Crippen molar-refractivity contribution >= 4 is 45.2 Å². The average Bonchev–Trinajstić information content (AvgIpc) is 3.34. The number of nitrogens with zero attached hydrogens (tertiary/aromatic N) is 4. The molecule has 0 aliphatic carbocycles. The molecule has 150 valence electrons. The van der Waals surface area contributed by atoms with Gasteiger partial charge in [0, 0.05) is 35.5 Å². The molecule has 1 aromatic heterocycles. The fraction of sp³-hybridized carbons (Fsp3) is 0.222. The number of aromatic amines is 1. The van der Waals surface area contributed by atoms with Gasteiger partial charge < -0.3 is 15.6 Å². The first-order valence-corrected chi connectivity index (χ1v) is 9.78. The van der Waals surface area contributed by atoms with Crippen molar-refractivity contribution < 1.29 is 9.59 Å². The molecule has 0 spiro atoms. The van der Waals surface area contributed by atoms with Crippen LogP contribution < -0.4 is 21.0 Å². The van der Waals surface area contributed by atoms with Crippen molar-refractivity contribution in [1.82, 2.24) is 25.7 Å². The van der Waals surface area contributed by atoms with Crippen molar-refractivity contribution in [1.29, 1.82) is 0 Å². The fourth-order valence-electron chi connectivity index (χ4n) is 2.98. The van der Waals surface area contributed by atoms with Crippen LogP contribution in [0.25, 0.3) is 0 Å². The molecule has 3 amide bonds. The number of nitrogens with one attached hydrogen (secondary N) is 4. The van der Waals surface area contributed by atoms with Crippen LogP contribution in [0.2, 0.25) is 0 Å². The van der Waals surface area contributed by atoms with Gasteiger partial charge in [0.25, 0.3) is 5.91 Å². The lowest BCUT2D eigenvalue weighted by Crippen LogP contribution is -2.48. The van der Waals surface area contributed by atoms with Crippen molar-refractivity contribution in [2.75, 3.05) is 29.9 Å². The Kier molecular flexibility index (Phi) is 5.58. The van der Waals surface area contributed by atoms with E-state index in [-0.39, 0.29) is 12.5 Å². The number of halogens is 1. The van der Waals surface area contributed by atoms with E-state index in [0.717, 1.165) is 21.5 Å². The summed E-state index contributed by atoms with van der Waals surface area (Å²) in [4.78, 5) is 36.6. The number of amides is 3. The summed E-state index contributed by atoms with van der Waals surface area (Å²) in [5.41, 5.74) is 5.51. The zero-order chi connectivity index (χ0) is 20.2. The van der Waals surface area contributed by atoms with Gasteiger partial charge in [0.1, 0.15) is 0 Å². The first-order chi connectivity index (χ1) is 14.1. The maximum atomic E-state index is 12.0. The summed E-state index contributed by atoms with van der Waals surface area (Å²) >= 11 is 3.48. The number of aromatic nitrogens is 2. The number of carbonyl (C=O) groups is 2. The number of imidazole rings is 1. The fourth-order valence-corrected chi connectivity index (χ4v) is 3.33. The standard InChI is InChI=1S/C18H19BrN8O2/c19-12-7-21-17(26(10-12)24-5-4-14-8-20-11-23-14)25-13-2-1-3-15(6-13)27-16(28)9-22-18(27)29/h1-3,6-8,11,24H,4-5,9-10H2,(H,20,23)(H,21,25)(H,22,29). The van der Waals surface area contributed by atoms with Gasteiger partial charge in [-0.2, -0.15) is 0 Å². The lowest BCUT2D eigenvalue weighted by Gasteiger charge is -2.29. The first kappa shape index (κ1) is 19.2. The second kappa shape index (κ2) is 8.45. The molecule has 0 radical (unpaired) electrons. The lowest BCUT2D eigenvalue weighted by molar-refractivity contribution is -0.115. The number of imide groups is 1. The average molecular weight is 459 g/mol. The van der Waals surface area contributed by atoms with E-state index in [0.29, 0.717) is 30.4 Å². The highest BCUT2D eigenvalue weighted by Crippen LogP contribution is 2.22. The van der Waals surface area contributed by atoms with Crippen LogP contribution in [0.1, 0.15) is 5.69 Å². The van der Waals surface area contributed by atoms with E-state index in [1.54, 1.807) is 30.7 Å². The highest BCUT2D eigenvalue weighted by molar-refractivity contribution is 9.11. The van der Waals surface area contributed by atoms with Gasteiger partial charge in [0.15, 0.2) is 0 Å². The van der Waals surface area contributed by atoms with E-state index in [9.17, 15) is 9.59 Å². The molecule has 11 heteroatoms. The second-order valence-electron chi connectivity index (χ2n) is 6.40. The minimum atomic E-state index is -0.421. The highest BCUT2D eigenvalue weighted by atomic mass is 79.9. The summed E-state index contributed by atoms with van der Waals surface area (Å²) in [7, 11) is 0. The van der Waals surface area contributed by atoms with Crippen LogP contribution in [0.4, 0.5) is 16.2 Å². The van der Waals surface area contributed by atoms with Crippen LogP contribution in [-0.2, 0) is 11.2 Å². The van der Waals surface area contributed by atoms with Gasteiger partial charge in [-0.15, -0.1) is 0 Å². The number of rotatable bonds is 6. The summed E-state index contributed by atoms with van der Waals surface area (Å²) in [5, 5.41) is 7.65. The largest absolute Gasteiger partial charge is 0.351 e. The Balaban J connectivity index is 1.45. The number of carbonyl (C=O) groups excluding carboxylic acids is 2. The van der Waals surface area contributed by atoms with Crippen LogP contribution in [0.3, 0.4) is 0 Å². The van der Waals surface area contributed by atoms with Gasteiger partial charge in [-0.05, 0) is 18.2 Å². The maximum Gasteiger partial charge on any atom is 0.329 e. The number of urea groups is 1. The van der Waals surface area contributed by atoms with Crippen molar-refractivity contribution in [3.63, 3.8) is 0 Å². The van der Waals surface area contributed by atoms with Crippen LogP contribution in [0.15, 0.2) is 52.5 Å². The van der Waals surface area contributed by atoms with Crippen molar-refractivity contribution in [2.45, 2.75) is 6.42 Å². The minimum absolute atomic E-state index is 0.00964. The van der Waals surface area contributed by atoms with Gasteiger partial charge in [0.2, 0.25) is 5.96 Å². The smallest absolute Gasteiger partial charge is 0.329 e. The predicted octanol–water partition coefficient (Wildman–Crippen LogP) is 1.53. The van der Waals surface area contributed by atoms with Gasteiger partial charge in [0.05, 0.1) is 30.8 Å². The van der Waals surface area contributed by atoms with Gasteiger partial charge in [-0.1, -0.05) is 22.0 Å². The Bertz CT molecular complexity index is 956. The molecule has 2 aromatic rings. The second-order valence-corrected chi connectivity index (χ2v) is 7.42. The molecule has 2 aliphatic rings. The van der Waals surface area contributed by atoms with Crippen LogP contribution in [-0.4, -0.2) is 52.5 Å². The predicted molar refractivity (Wildman–Crippen MR) is 112 cm³/mol. The molecule has 0 unspecified atom stereocenters. The van der Waals surface area contributed by atoms with E-state index in [1.807, 2.05) is 17.3 Å². The van der Waals surface area contributed by atoms with Gasteiger partial charge >= 0.3 is 6.03 Å². The number of hydrogen-bond acceptors (Lipinski definition) is 7. The zero-order valence-corrected chi connectivity index (χ0v) is 16.9. The number of hydrogen-bond donors (Lipinski definition) is 4. The number of hydrazine groups is 1. The summed E-state index contributed by atoms with van der Waals surface area (Å²) in [6, 6.07) is 6.66. The first-order valence-electron chi connectivity index (χ1n) is 8.99. The monoisotopic (exact) mass is 458 g/mol. The molecule has 4 rings (SSSR count). The molecule has 1 fully saturated rings. The van der Waals surface area contributed by atoms with Crippen molar-refractivity contribution in [2.24, 2.45) is 4.99 Å². The number of H-pyrrole nitrogens is 1. The van der Waals surface area contributed by atoms with Crippen LogP contribution in [0, 0.1) is 0 Å². The minimum Gasteiger partial charge on any atom is -0.351 e. The Morgan fingerprint density at radius 3 is 2.93 bits per heavy atom. The molecular formula is C18H19BrN8O2. The molecule has 1 aromatic carbocycles. The van der Waals surface area contributed by atoms with Crippen LogP contribution >= 0.6 is 15.9 Å². The van der Waals surface area contributed by atoms with E-state index >= 15 is 0 Å². The Morgan fingerprint density at radius 1 is 1.28 bits per heavy atom. The number of aliphatic imine (C=N–C) groups is 1. The molecule has 4 N–H and O–H groups in total. The summed E-state index contributed by atoms with van der Waals surface area (Å²) in [5.74, 6) is 0.320. The number of anilines is 2. The van der Waals surface area contributed by atoms with Gasteiger partial charge in [-0.3, -0.25) is 9.80 Å². The van der Waals surface area contributed by atoms with Gasteiger partial charge in [-0.25, -0.2) is 25.1 Å². The third-order valence-electron chi connectivity index (χ3n) is 4.33.